The van der Waals surface area contributed by atoms with Crippen molar-refractivity contribution in [1.29, 1.82) is 0 Å². The summed E-state index contributed by atoms with van der Waals surface area (Å²) in [5, 5.41) is 1.34. The van der Waals surface area contributed by atoms with Gasteiger partial charge in [0, 0.05) is 49.8 Å². The third-order valence-electron chi connectivity index (χ3n) is 5.92. The Kier molecular flexibility index (Phi) is 3.90. The Bertz CT molecular complexity index is 1160. The Morgan fingerprint density at radius 1 is 1.00 bits per heavy atom. The van der Waals surface area contributed by atoms with Crippen LogP contribution in [0.15, 0.2) is 59.5 Å². The maximum atomic E-state index is 12.5. The number of fused-ring (bicyclic) bond motifs is 2. The van der Waals surface area contributed by atoms with E-state index in [1.54, 1.807) is 0 Å². The lowest BCUT2D eigenvalue weighted by Crippen LogP contribution is -2.36. The van der Waals surface area contributed by atoms with Crippen LogP contribution >= 0.6 is 0 Å². The fraction of sp³-hybridized carbons (Fsp3) is 0.318. The van der Waals surface area contributed by atoms with Crippen molar-refractivity contribution in [3.8, 4) is 0 Å². The molecule has 1 fully saturated rings. The minimum Gasteiger partial charge on any atom is -0.350 e. The molecule has 0 amide bonds. The first-order valence-corrected chi connectivity index (χ1v) is 9.65. The van der Waals surface area contributed by atoms with Crippen LogP contribution in [0, 0.1) is 0 Å². The van der Waals surface area contributed by atoms with E-state index < -0.39 is 0 Å². The van der Waals surface area contributed by atoms with Crippen molar-refractivity contribution in [2.45, 2.75) is 25.4 Å². The van der Waals surface area contributed by atoms with E-state index >= 15 is 0 Å². The number of benzene rings is 2. The molecule has 0 spiro atoms. The van der Waals surface area contributed by atoms with E-state index in [2.05, 4.69) is 52.0 Å². The lowest BCUT2D eigenvalue weighted by molar-refractivity contribution is 0.180. The van der Waals surface area contributed by atoms with Crippen molar-refractivity contribution in [2.24, 2.45) is 7.05 Å². The molecule has 27 heavy (non-hydrogen) atoms. The summed E-state index contributed by atoms with van der Waals surface area (Å²) in [6.45, 7) is 3.00. The number of hydrogen-bond acceptors (Lipinski definition) is 2. The summed E-state index contributed by atoms with van der Waals surface area (Å²) < 4.78 is 4.17. The molecule has 1 N–H and O–H groups in total. The fourth-order valence-electron chi connectivity index (χ4n) is 4.56. The lowest BCUT2D eigenvalue weighted by Gasteiger charge is -2.32. The van der Waals surface area contributed by atoms with Crippen molar-refractivity contribution < 1.29 is 0 Å². The number of piperidine rings is 1. The van der Waals surface area contributed by atoms with Gasteiger partial charge < -0.3 is 9.55 Å². The molecule has 2 aromatic heterocycles. The van der Waals surface area contributed by atoms with Crippen LogP contribution < -0.4 is 5.69 Å². The van der Waals surface area contributed by atoms with Crippen LogP contribution in [0.25, 0.3) is 21.9 Å². The highest BCUT2D eigenvalue weighted by molar-refractivity contribution is 5.83. The molecule has 0 atom stereocenters. The molecule has 0 saturated carbocycles. The van der Waals surface area contributed by atoms with E-state index in [1.165, 1.54) is 16.5 Å². The third kappa shape index (κ3) is 2.79. The molecule has 0 aliphatic carbocycles. The topological polar surface area (TPSA) is 46.0 Å². The zero-order chi connectivity index (χ0) is 18.4. The predicted molar refractivity (Wildman–Crippen MR) is 109 cm³/mol. The highest BCUT2D eigenvalue weighted by Gasteiger charge is 2.24. The summed E-state index contributed by atoms with van der Waals surface area (Å²) in [4.78, 5) is 18.0. The molecule has 138 valence electrons. The van der Waals surface area contributed by atoms with E-state index in [0.29, 0.717) is 0 Å². The highest BCUT2D eigenvalue weighted by atomic mass is 16.1. The number of aromatic nitrogens is 3. The van der Waals surface area contributed by atoms with E-state index in [1.807, 2.05) is 28.8 Å². The largest absolute Gasteiger partial charge is 0.350 e. The van der Waals surface area contributed by atoms with E-state index in [0.717, 1.165) is 43.5 Å². The van der Waals surface area contributed by atoms with E-state index in [-0.39, 0.29) is 11.7 Å². The molecule has 5 rings (SSSR count). The van der Waals surface area contributed by atoms with Gasteiger partial charge in [-0.3, -0.25) is 9.47 Å². The Morgan fingerprint density at radius 2 is 1.70 bits per heavy atom. The number of rotatable bonds is 3. The summed E-state index contributed by atoms with van der Waals surface area (Å²) in [6.07, 6.45) is 4.26. The predicted octanol–water partition coefficient (Wildman–Crippen LogP) is 3.66. The number of imidazole rings is 1. The average Bonchev–Trinajstić information content (AvgIpc) is 3.19. The Morgan fingerprint density at radius 3 is 2.52 bits per heavy atom. The first-order chi connectivity index (χ1) is 13.2. The van der Waals surface area contributed by atoms with Crippen molar-refractivity contribution in [3.05, 3.63) is 70.8 Å². The number of nitrogens with one attached hydrogen (secondary N) is 1. The van der Waals surface area contributed by atoms with Crippen LogP contribution in [0.4, 0.5) is 0 Å². The zero-order valence-corrected chi connectivity index (χ0v) is 15.6. The van der Waals surface area contributed by atoms with Gasteiger partial charge >= 0.3 is 5.69 Å². The third-order valence-corrected chi connectivity index (χ3v) is 5.92. The van der Waals surface area contributed by atoms with Crippen LogP contribution in [0.3, 0.4) is 0 Å². The summed E-state index contributed by atoms with van der Waals surface area (Å²) in [5.41, 5.74) is 4.64. The van der Waals surface area contributed by atoms with Gasteiger partial charge in [0.15, 0.2) is 0 Å². The molecular formula is C22H24N4O. The lowest BCUT2D eigenvalue weighted by atomic mass is 10.0. The van der Waals surface area contributed by atoms with Crippen LogP contribution in [0.2, 0.25) is 0 Å². The smallest absolute Gasteiger partial charge is 0.326 e. The average molecular weight is 360 g/mol. The quantitative estimate of drug-likeness (QED) is 0.606. The number of para-hydroxylation sites is 3. The number of hydrogen-bond donors (Lipinski definition) is 1. The Balaban J connectivity index is 1.34. The van der Waals surface area contributed by atoms with Gasteiger partial charge in [-0.2, -0.15) is 0 Å². The van der Waals surface area contributed by atoms with Crippen LogP contribution in [0.5, 0.6) is 0 Å². The van der Waals surface area contributed by atoms with Crippen LogP contribution in [-0.2, 0) is 13.6 Å². The molecule has 4 aromatic rings. The molecule has 2 aromatic carbocycles. The maximum absolute atomic E-state index is 12.5. The van der Waals surface area contributed by atoms with E-state index in [9.17, 15) is 4.79 Å². The van der Waals surface area contributed by atoms with Gasteiger partial charge in [0.25, 0.3) is 0 Å². The van der Waals surface area contributed by atoms with Crippen molar-refractivity contribution in [2.75, 3.05) is 13.1 Å². The van der Waals surface area contributed by atoms with Gasteiger partial charge in [0.05, 0.1) is 11.0 Å². The molecule has 5 nitrogen and oxygen atoms in total. The number of H-pyrrole nitrogens is 1. The first-order valence-electron chi connectivity index (χ1n) is 9.65. The number of nitrogens with zero attached hydrogens (tertiary/aromatic N) is 3. The van der Waals surface area contributed by atoms with Gasteiger partial charge in [-0.25, -0.2) is 4.79 Å². The minimum absolute atomic E-state index is 0.0173. The first kappa shape index (κ1) is 16.4. The Hall–Kier alpha value is -2.79. The van der Waals surface area contributed by atoms with Gasteiger partial charge in [-0.15, -0.1) is 0 Å². The van der Waals surface area contributed by atoms with Gasteiger partial charge in [-0.05, 0) is 36.6 Å². The summed E-state index contributed by atoms with van der Waals surface area (Å²) in [5.74, 6) is 0. The molecule has 0 radical (unpaired) electrons. The van der Waals surface area contributed by atoms with Gasteiger partial charge in [0.2, 0.25) is 0 Å². The molecule has 5 heteroatoms. The van der Waals surface area contributed by atoms with Crippen LogP contribution in [-0.4, -0.2) is 32.1 Å². The second-order valence-corrected chi connectivity index (χ2v) is 7.61. The maximum Gasteiger partial charge on any atom is 0.326 e. The van der Waals surface area contributed by atoms with Crippen molar-refractivity contribution in [3.63, 3.8) is 0 Å². The molecule has 1 saturated heterocycles. The second-order valence-electron chi connectivity index (χ2n) is 7.61. The van der Waals surface area contributed by atoms with Crippen LogP contribution in [0.1, 0.15) is 24.4 Å². The van der Waals surface area contributed by atoms with Crippen molar-refractivity contribution >= 4 is 21.9 Å². The normalized spacial score (nSPS) is 16.5. The molecular weight excluding hydrogens is 336 g/mol. The molecule has 3 heterocycles. The SMILES string of the molecule is Cn1cc(CN2CCC(n3c(=O)[nH]c4ccccc43)CC2)c2ccccc21. The molecule has 1 aliphatic rings. The minimum atomic E-state index is 0.0173. The summed E-state index contributed by atoms with van der Waals surface area (Å²) in [6, 6.07) is 16.8. The van der Waals surface area contributed by atoms with Crippen molar-refractivity contribution in [1.82, 2.24) is 19.0 Å². The van der Waals surface area contributed by atoms with Gasteiger partial charge in [0.1, 0.15) is 0 Å². The number of aryl methyl sites for hydroxylation is 1. The number of likely N-dealkylation sites (tertiary alicyclic amines) is 1. The fourth-order valence-corrected chi connectivity index (χ4v) is 4.56. The molecule has 1 aliphatic heterocycles. The highest BCUT2D eigenvalue weighted by Crippen LogP contribution is 2.27. The number of aromatic amines is 1. The van der Waals surface area contributed by atoms with E-state index in [4.69, 9.17) is 0 Å². The second kappa shape index (κ2) is 6.43. The standard InChI is InChI=1S/C22H24N4O/c1-24-14-16(18-6-2-4-8-20(18)24)15-25-12-10-17(11-13-25)26-21-9-5-3-7-19(21)23-22(26)27/h2-9,14,17H,10-13,15H2,1H3,(H,23,27). The summed E-state index contributed by atoms with van der Waals surface area (Å²) in [7, 11) is 2.11. The zero-order valence-electron chi connectivity index (χ0n) is 15.6. The van der Waals surface area contributed by atoms with Gasteiger partial charge in [-0.1, -0.05) is 30.3 Å². The monoisotopic (exact) mass is 360 g/mol. The molecule has 0 bridgehead atoms. The summed E-state index contributed by atoms with van der Waals surface area (Å²) >= 11 is 0. The Labute approximate surface area is 157 Å². The molecule has 0 unspecified atom stereocenters.